The van der Waals surface area contributed by atoms with E-state index in [2.05, 4.69) is 0 Å². The lowest BCUT2D eigenvalue weighted by atomic mass is 10.0. The molecule has 2 aliphatic heterocycles. The second-order valence-electron chi connectivity index (χ2n) is 6.16. The van der Waals surface area contributed by atoms with Crippen molar-refractivity contribution in [3.63, 3.8) is 0 Å². The first kappa shape index (κ1) is 17.1. The molecule has 26 heavy (non-hydrogen) atoms. The van der Waals surface area contributed by atoms with Crippen molar-refractivity contribution >= 4 is 12.6 Å². The summed E-state index contributed by atoms with van der Waals surface area (Å²) in [5, 5.41) is 0. The molecule has 6 heteroatoms. The zero-order chi connectivity index (χ0) is 17.9. The molecule has 6 nitrogen and oxygen atoms in total. The third-order valence-corrected chi connectivity index (χ3v) is 4.51. The van der Waals surface area contributed by atoms with Gasteiger partial charge < -0.3 is 28.5 Å². The Morgan fingerprint density at radius 1 is 0.577 bits per heavy atom. The van der Waals surface area contributed by atoms with Crippen LogP contribution in [0.4, 0.5) is 0 Å². The molecule has 6 atom stereocenters. The van der Waals surface area contributed by atoms with Gasteiger partial charge in [0.2, 0.25) is 0 Å². The first-order valence-electron chi connectivity index (χ1n) is 8.42. The van der Waals surface area contributed by atoms with Crippen LogP contribution in [0.2, 0.25) is 0 Å². The van der Waals surface area contributed by atoms with E-state index in [0.717, 1.165) is 11.1 Å². The van der Waals surface area contributed by atoms with E-state index in [4.69, 9.17) is 18.9 Å². The molecule has 2 aliphatic rings. The Kier molecular flexibility index (Phi) is 4.90. The molecule has 134 valence electrons. The topological polar surface area (TPSA) is 71.1 Å². The molecule has 0 amide bonds. The molecule has 2 heterocycles. The molecule has 2 fully saturated rings. The van der Waals surface area contributed by atoms with Crippen molar-refractivity contribution in [3.05, 3.63) is 71.8 Å². The van der Waals surface area contributed by atoms with E-state index in [0.29, 0.717) is 12.6 Å². The van der Waals surface area contributed by atoms with Crippen LogP contribution in [0.5, 0.6) is 0 Å². The van der Waals surface area contributed by atoms with Crippen LogP contribution in [0, 0.1) is 0 Å². The fraction of sp³-hybridized carbons (Fsp3) is 0.300. The second kappa shape index (κ2) is 7.47. The van der Waals surface area contributed by atoms with Crippen LogP contribution in [0.15, 0.2) is 60.7 Å². The monoisotopic (exact) mass is 354 g/mol. The number of carbonyl (C=O) groups excluding carboxylic acids is 2. The molecule has 0 aromatic heterocycles. The van der Waals surface area contributed by atoms with Gasteiger partial charge in [0.15, 0.2) is 25.2 Å². The number of hydrogen-bond acceptors (Lipinski definition) is 6. The Bertz CT molecular complexity index is 684. The maximum Gasteiger partial charge on any atom is 0.185 e. The SMILES string of the molecule is O=C[C@@H]1O[C@H](c2ccccc2)O[C@@H]1[C@@H]1O[C@@H](c2ccccc2)O[C@H]1C=O. The van der Waals surface area contributed by atoms with Crippen LogP contribution >= 0.6 is 0 Å². The van der Waals surface area contributed by atoms with Gasteiger partial charge in [-0.2, -0.15) is 0 Å². The Labute approximate surface area is 150 Å². The van der Waals surface area contributed by atoms with Gasteiger partial charge in [-0.25, -0.2) is 0 Å². The van der Waals surface area contributed by atoms with E-state index in [1.165, 1.54) is 0 Å². The van der Waals surface area contributed by atoms with E-state index in [1.54, 1.807) is 0 Å². The number of rotatable bonds is 5. The smallest absolute Gasteiger partial charge is 0.185 e. The third-order valence-electron chi connectivity index (χ3n) is 4.51. The van der Waals surface area contributed by atoms with Gasteiger partial charge in [0.25, 0.3) is 0 Å². The molecular formula is C20H18O6. The van der Waals surface area contributed by atoms with Crippen molar-refractivity contribution in [2.75, 3.05) is 0 Å². The molecule has 2 aromatic rings. The summed E-state index contributed by atoms with van der Waals surface area (Å²) in [5.41, 5.74) is 1.59. The lowest BCUT2D eigenvalue weighted by Gasteiger charge is -2.20. The van der Waals surface area contributed by atoms with Gasteiger partial charge >= 0.3 is 0 Å². The lowest BCUT2D eigenvalue weighted by Crippen LogP contribution is -2.42. The summed E-state index contributed by atoms with van der Waals surface area (Å²) >= 11 is 0. The van der Waals surface area contributed by atoms with Crippen molar-refractivity contribution in [2.24, 2.45) is 0 Å². The number of ether oxygens (including phenoxy) is 4. The number of aldehydes is 2. The minimum atomic E-state index is -0.842. The van der Waals surface area contributed by atoms with Gasteiger partial charge in [0, 0.05) is 11.1 Å². The van der Waals surface area contributed by atoms with E-state index in [1.807, 2.05) is 60.7 Å². The quantitative estimate of drug-likeness (QED) is 0.768. The Hall–Kier alpha value is -2.38. The van der Waals surface area contributed by atoms with Crippen molar-refractivity contribution in [2.45, 2.75) is 37.0 Å². The molecule has 2 aromatic carbocycles. The van der Waals surface area contributed by atoms with Crippen molar-refractivity contribution in [1.29, 1.82) is 0 Å². The van der Waals surface area contributed by atoms with Crippen molar-refractivity contribution < 1.29 is 28.5 Å². The van der Waals surface area contributed by atoms with Crippen molar-refractivity contribution in [3.8, 4) is 0 Å². The second-order valence-corrected chi connectivity index (χ2v) is 6.16. The van der Waals surface area contributed by atoms with E-state index in [9.17, 15) is 9.59 Å². The highest BCUT2D eigenvalue weighted by Gasteiger charge is 2.50. The molecule has 0 N–H and O–H groups in total. The molecule has 0 radical (unpaired) electrons. The molecule has 0 unspecified atom stereocenters. The number of benzene rings is 2. The predicted octanol–water partition coefficient (Wildman–Crippen LogP) is 2.35. The fourth-order valence-electron chi connectivity index (χ4n) is 3.23. The van der Waals surface area contributed by atoms with Gasteiger partial charge in [0.05, 0.1) is 0 Å². The average molecular weight is 354 g/mol. The zero-order valence-electron chi connectivity index (χ0n) is 13.8. The summed E-state index contributed by atoms with van der Waals surface area (Å²) in [6.07, 6.45) is -3.19. The van der Waals surface area contributed by atoms with Gasteiger partial charge in [-0.1, -0.05) is 60.7 Å². The number of hydrogen-bond donors (Lipinski definition) is 0. The Morgan fingerprint density at radius 3 is 1.31 bits per heavy atom. The lowest BCUT2D eigenvalue weighted by molar-refractivity contribution is -0.121. The molecule has 0 bridgehead atoms. The molecule has 0 saturated carbocycles. The first-order chi connectivity index (χ1) is 12.8. The van der Waals surface area contributed by atoms with Gasteiger partial charge in [-0.3, -0.25) is 0 Å². The van der Waals surface area contributed by atoms with Gasteiger partial charge in [-0.15, -0.1) is 0 Å². The maximum absolute atomic E-state index is 11.5. The van der Waals surface area contributed by atoms with Gasteiger partial charge in [-0.05, 0) is 0 Å². The summed E-state index contributed by atoms with van der Waals surface area (Å²) in [6.45, 7) is 0. The summed E-state index contributed by atoms with van der Waals surface area (Å²) in [7, 11) is 0. The third kappa shape index (κ3) is 3.20. The van der Waals surface area contributed by atoms with E-state index >= 15 is 0 Å². The molecule has 4 rings (SSSR count). The minimum absolute atomic E-state index is 0.675. The zero-order valence-corrected chi connectivity index (χ0v) is 13.8. The van der Waals surface area contributed by atoms with Crippen LogP contribution in [0.3, 0.4) is 0 Å². The van der Waals surface area contributed by atoms with Crippen LogP contribution in [-0.4, -0.2) is 37.0 Å². The van der Waals surface area contributed by atoms with Crippen LogP contribution in [0.25, 0.3) is 0 Å². The summed E-state index contributed by atoms with van der Waals surface area (Å²) in [5.74, 6) is 0. The maximum atomic E-state index is 11.5. The Morgan fingerprint density at radius 2 is 0.962 bits per heavy atom. The van der Waals surface area contributed by atoms with Gasteiger partial charge in [0.1, 0.15) is 24.4 Å². The molecule has 0 aliphatic carbocycles. The van der Waals surface area contributed by atoms with E-state index in [-0.39, 0.29) is 0 Å². The van der Waals surface area contributed by atoms with Crippen LogP contribution < -0.4 is 0 Å². The normalized spacial score (nSPS) is 33.8. The predicted molar refractivity (Wildman–Crippen MR) is 90.0 cm³/mol. The minimum Gasteiger partial charge on any atom is -0.339 e. The van der Waals surface area contributed by atoms with Crippen LogP contribution in [0.1, 0.15) is 23.7 Å². The van der Waals surface area contributed by atoms with Crippen molar-refractivity contribution in [1.82, 2.24) is 0 Å². The van der Waals surface area contributed by atoms with E-state index < -0.39 is 37.0 Å². The number of carbonyl (C=O) groups is 2. The summed E-state index contributed by atoms with van der Waals surface area (Å²) in [6, 6.07) is 18.6. The highest BCUT2D eigenvalue weighted by Crippen LogP contribution is 2.39. The molecular weight excluding hydrogens is 336 g/mol. The average Bonchev–Trinajstić information content (AvgIpc) is 3.33. The Balaban J connectivity index is 1.55. The molecule has 2 saturated heterocycles. The van der Waals surface area contributed by atoms with Crippen LogP contribution in [-0.2, 0) is 28.5 Å². The standard InChI is InChI=1S/C20H18O6/c21-11-15-17(25-19(23-15)13-7-3-1-4-8-13)18-16(12-22)24-20(26-18)14-9-5-2-6-10-14/h1-12,15-20H/t15-,16-,17-,18+,19-,20-/m0/s1. The molecule has 0 spiro atoms. The largest absolute Gasteiger partial charge is 0.339 e. The first-order valence-corrected chi connectivity index (χ1v) is 8.42. The fourth-order valence-corrected chi connectivity index (χ4v) is 3.23. The highest BCUT2D eigenvalue weighted by atomic mass is 16.8. The highest BCUT2D eigenvalue weighted by molar-refractivity contribution is 5.61. The summed E-state index contributed by atoms with van der Waals surface area (Å²) in [4.78, 5) is 23.0. The summed E-state index contributed by atoms with van der Waals surface area (Å²) < 4.78 is 23.3.